The van der Waals surface area contributed by atoms with Crippen LogP contribution in [0.4, 0.5) is 5.69 Å². The van der Waals surface area contributed by atoms with Gasteiger partial charge in [-0.1, -0.05) is 66.4 Å². The molecule has 0 saturated heterocycles. The number of rotatable bonds is 8. The Hall–Kier alpha value is -2.61. The van der Waals surface area contributed by atoms with Crippen molar-refractivity contribution >= 4 is 52.2 Å². The van der Waals surface area contributed by atoms with Gasteiger partial charge in [0.25, 0.3) is 5.91 Å². The lowest BCUT2D eigenvalue weighted by Crippen LogP contribution is -2.46. The number of carbonyl (C=O) groups excluding carboxylic acids is 2. The topological polar surface area (TPSA) is 71.5 Å². The zero-order valence-corrected chi connectivity index (χ0v) is 21.9. The van der Waals surface area contributed by atoms with E-state index in [1.54, 1.807) is 0 Å². The van der Waals surface area contributed by atoms with Crippen LogP contribution in [0.3, 0.4) is 0 Å². The van der Waals surface area contributed by atoms with Crippen LogP contribution in [0, 0.1) is 6.92 Å². The Kier molecular flexibility index (Phi) is 8.31. The number of benzene rings is 2. The van der Waals surface area contributed by atoms with E-state index in [1.807, 2.05) is 62.4 Å². The van der Waals surface area contributed by atoms with E-state index in [1.165, 1.54) is 4.90 Å². The molecular weight excluding hydrogens is 505 g/mol. The SMILES string of the molecule is CCOc1ccc([C@@H](C(=O)NC2CCCC2)N(C(=O)c2nsc(Cl)c2Cl)c2ccccc2C)cc1. The van der Waals surface area contributed by atoms with Crippen LogP contribution in [0.25, 0.3) is 0 Å². The molecule has 0 bridgehead atoms. The van der Waals surface area contributed by atoms with Gasteiger partial charge in [-0.25, -0.2) is 0 Å². The lowest BCUT2D eigenvalue weighted by atomic mass is 10.0. The summed E-state index contributed by atoms with van der Waals surface area (Å²) in [6.07, 6.45) is 4.00. The van der Waals surface area contributed by atoms with Gasteiger partial charge in [-0.3, -0.25) is 14.5 Å². The van der Waals surface area contributed by atoms with Crippen molar-refractivity contribution < 1.29 is 14.3 Å². The normalized spacial score (nSPS) is 14.5. The van der Waals surface area contributed by atoms with Gasteiger partial charge in [0.05, 0.1) is 6.61 Å². The van der Waals surface area contributed by atoms with Gasteiger partial charge in [0.1, 0.15) is 21.2 Å². The minimum absolute atomic E-state index is 0.0227. The summed E-state index contributed by atoms with van der Waals surface area (Å²) in [5.74, 6) is -0.0580. The Balaban J connectivity index is 1.84. The van der Waals surface area contributed by atoms with Crippen molar-refractivity contribution in [3.05, 3.63) is 74.7 Å². The number of ether oxygens (including phenoxy) is 1. The number of aryl methyl sites for hydroxylation is 1. The van der Waals surface area contributed by atoms with Gasteiger partial charge in [0.2, 0.25) is 5.91 Å². The molecule has 6 nitrogen and oxygen atoms in total. The van der Waals surface area contributed by atoms with E-state index in [0.717, 1.165) is 42.8 Å². The average Bonchev–Trinajstić information content (AvgIpc) is 3.48. The number of nitrogens with one attached hydrogen (secondary N) is 1. The minimum atomic E-state index is -0.948. The molecule has 0 aliphatic heterocycles. The molecule has 9 heteroatoms. The first-order valence-corrected chi connectivity index (χ1v) is 13.2. The van der Waals surface area contributed by atoms with Gasteiger partial charge in [-0.15, -0.1) is 0 Å². The van der Waals surface area contributed by atoms with Crippen LogP contribution in [0.1, 0.15) is 60.3 Å². The maximum absolute atomic E-state index is 14.0. The van der Waals surface area contributed by atoms with Crippen molar-refractivity contribution in [2.75, 3.05) is 11.5 Å². The first-order valence-electron chi connectivity index (χ1n) is 11.6. The van der Waals surface area contributed by atoms with E-state index in [9.17, 15) is 9.59 Å². The number of amides is 2. The number of halogens is 2. The number of hydrogen-bond donors (Lipinski definition) is 1. The Bertz CT molecular complexity index is 1190. The second-order valence-corrected chi connectivity index (χ2v) is 10.2. The molecular formula is C26H27Cl2N3O3S. The van der Waals surface area contributed by atoms with Crippen molar-refractivity contribution in [1.29, 1.82) is 0 Å². The van der Waals surface area contributed by atoms with Crippen LogP contribution in [-0.4, -0.2) is 28.8 Å². The van der Waals surface area contributed by atoms with Gasteiger partial charge < -0.3 is 10.1 Å². The molecule has 0 spiro atoms. The van der Waals surface area contributed by atoms with Crippen LogP contribution >= 0.6 is 34.7 Å². The second-order valence-electron chi connectivity index (χ2n) is 8.48. The van der Waals surface area contributed by atoms with E-state index in [4.69, 9.17) is 27.9 Å². The monoisotopic (exact) mass is 531 g/mol. The van der Waals surface area contributed by atoms with E-state index in [0.29, 0.717) is 23.6 Å². The number of para-hydroxylation sites is 1. The zero-order valence-electron chi connectivity index (χ0n) is 19.6. The molecule has 1 aliphatic rings. The Morgan fingerprint density at radius 3 is 2.43 bits per heavy atom. The average molecular weight is 532 g/mol. The molecule has 1 aromatic heterocycles. The Morgan fingerprint density at radius 2 is 1.83 bits per heavy atom. The second kappa shape index (κ2) is 11.4. The van der Waals surface area contributed by atoms with Gasteiger partial charge in [0.15, 0.2) is 5.69 Å². The molecule has 3 aromatic rings. The fraction of sp³-hybridized carbons (Fsp3) is 0.346. The lowest BCUT2D eigenvalue weighted by molar-refractivity contribution is -0.123. The van der Waals surface area contributed by atoms with Gasteiger partial charge in [0, 0.05) is 11.7 Å². The lowest BCUT2D eigenvalue weighted by Gasteiger charge is -2.33. The van der Waals surface area contributed by atoms with E-state index < -0.39 is 11.9 Å². The summed E-state index contributed by atoms with van der Waals surface area (Å²) in [7, 11) is 0. The maximum atomic E-state index is 14.0. The first kappa shape index (κ1) is 25.5. The molecule has 1 aliphatic carbocycles. The van der Waals surface area contributed by atoms with E-state index in [-0.39, 0.29) is 27.0 Å². The van der Waals surface area contributed by atoms with Crippen LogP contribution in [0.2, 0.25) is 9.36 Å². The Morgan fingerprint density at radius 1 is 1.14 bits per heavy atom. The van der Waals surface area contributed by atoms with Gasteiger partial charge in [-0.2, -0.15) is 4.37 Å². The van der Waals surface area contributed by atoms with Crippen molar-refractivity contribution in [2.45, 2.75) is 51.6 Å². The van der Waals surface area contributed by atoms with E-state index in [2.05, 4.69) is 9.69 Å². The Labute approximate surface area is 219 Å². The molecule has 2 aromatic carbocycles. The fourth-order valence-corrected chi connectivity index (χ4v) is 5.37. The minimum Gasteiger partial charge on any atom is -0.494 e. The molecule has 0 radical (unpaired) electrons. The molecule has 2 amide bonds. The molecule has 184 valence electrons. The van der Waals surface area contributed by atoms with Gasteiger partial charge >= 0.3 is 0 Å². The molecule has 4 rings (SSSR count). The smallest absolute Gasteiger partial charge is 0.280 e. The largest absolute Gasteiger partial charge is 0.494 e. The van der Waals surface area contributed by atoms with Crippen molar-refractivity contribution in [3.8, 4) is 5.75 Å². The molecule has 1 saturated carbocycles. The summed E-state index contributed by atoms with van der Waals surface area (Å²) in [6, 6.07) is 13.8. The number of carbonyl (C=O) groups is 2. The molecule has 1 heterocycles. The highest BCUT2D eigenvalue weighted by Gasteiger charge is 2.37. The van der Waals surface area contributed by atoms with Crippen LogP contribution in [0.15, 0.2) is 48.5 Å². The summed E-state index contributed by atoms with van der Waals surface area (Å²) >= 11 is 13.4. The molecule has 1 N–H and O–H groups in total. The summed E-state index contributed by atoms with van der Waals surface area (Å²) in [5.41, 5.74) is 2.11. The first-order chi connectivity index (χ1) is 16.9. The summed E-state index contributed by atoms with van der Waals surface area (Å²) in [5, 5.41) is 3.26. The van der Waals surface area contributed by atoms with Gasteiger partial charge in [-0.05, 0) is 67.5 Å². The highest BCUT2D eigenvalue weighted by Crippen LogP contribution is 2.36. The van der Waals surface area contributed by atoms with Crippen molar-refractivity contribution in [1.82, 2.24) is 9.69 Å². The van der Waals surface area contributed by atoms with Crippen molar-refractivity contribution in [3.63, 3.8) is 0 Å². The van der Waals surface area contributed by atoms with E-state index >= 15 is 0 Å². The molecule has 35 heavy (non-hydrogen) atoms. The highest BCUT2D eigenvalue weighted by atomic mass is 35.5. The molecule has 0 unspecified atom stereocenters. The van der Waals surface area contributed by atoms with Crippen LogP contribution < -0.4 is 15.0 Å². The molecule has 1 fully saturated rings. The zero-order chi connectivity index (χ0) is 24.9. The third kappa shape index (κ3) is 5.63. The quantitative estimate of drug-likeness (QED) is 0.355. The van der Waals surface area contributed by atoms with Crippen LogP contribution in [-0.2, 0) is 4.79 Å². The third-order valence-corrected chi connectivity index (χ3v) is 7.72. The highest BCUT2D eigenvalue weighted by molar-refractivity contribution is 7.11. The number of hydrogen-bond acceptors (Lipinski definition) is 5. The summed E-state index contributed by atoms with van der Waals surface area (Å²) in [6.45, 7) is 4.34. The van der Waals surface area contributed by atoms with Crippen LogP contribution in [0.5, 0.6) is 5.75 Å². The predicted octanol–water partition coefficient (Wildman–Crippen LogP) is 6.60. The number of nitrogens with zero attached hydrogens (tertiary/aromatic N) is 2. The number of anilines is 1. The summed E-state index contributed by atoms with van der Waals surface area (Å²) < 4.78 is 10.0. The maximum Gasteiger partial charge on any atom is 0.280 e. The third-order valence-electron chi connectivity index (χ3n) is 6.11. The number of aromatic nitrogens is 1. The predicted molar refractivity (Wildman–Crippen MR) is 141 cm³/mol. The molecule has 1 atom stereocenters. The standard InChI is InChI=1S/C26H27Cl2N3O3S/c1-3-34-19-14-12-17(13-15-19)23(25(32)29-18-9-5-6-10-18)31(20-11-7-4-8-16(20)2)26(33)22-21(27)24(28)35-30-22/h4,7-8,11-15,18,23H,3,5-6,9-10H2,1-2H3,(H,29,32)/t23-/m0/s1. The van der Waals surface area contributed by atoms with Crippen molar-refractivity contribution in [2.24, 2.45) is 0 Å². The fourth-order valence-electron chi connectivity index (χ4n) is 4.39. The summed E-state index contributed by atoms with van der Waals surface area (Å²) in [4.78, 5) is 29.3.